The van der Waals surface area contributed by atoms with Gasteiger partial charge in [-0.05, 0) is 19.3 Å². The summed E-state index contributed by atoms with van der Waals surface area (Å²) in [4.78, 5) is 35.4. The molecular weight excluding hydrogens is 240 g/mol. The lowest BCUT2D eigenvalue weighted by Gasteiger charge is -2.35. The highest BCUT2D eigenvalue weighted by molar-refractivity contribution is 5.90. The Kier molecular flexibility index (Phi) is 5.08. The number of carboxylic acid groups (broad SMARTS) is 1. The molecule has 1 heterocycles. The summed E-state index contributed by atoms with van der Waals surface area (Å²) in [5, 5.41) is 8.61. The third-order valence-corrected chi connectivity index (χ3v) is 2.97. The second-order valence-corrected chi connectivity index (χ2v) is 4.27. The number of nitrogens with two attached hydrogens (primary N) is 1. The highest BCUT2D eigenvalue weighted by Crippen LogP contribution is 2.19. The zero-order chi connectivity index (χ0) is 13.7. The summed E-state index contributed by atoms with van der Waals surface area (Å²) in [6.07, 6.45) is 1.69. The van der Waals surface area contributed by atoms with Crippen molar-refractivity contribution in [3.05, 3.63) is 0 Å². The molecule has 3 N–H and O–H groups in total. The lowest BCUT2D eigenvalue weighted by Crippen LogP contribution is -2.54. The number of amides is 1. The van der Waals surface area contributed by atoms with Crippen LogP contribution in [-0.4, -0.2) is 53.6 Å². The zero-order valence-corrected chi connectivity index (χ0v) is 10.3. The van der Waals surface area contributed by atoms with E-state index in [1.54, 1.807) is 0 Å². The van der Waals surface area contributed by atoms with E-state index in [-0.39, 0.29) is 0 Å². The van der Waals surface area contributed by atoms with Gasteiger partial charge in [-0.15, -0.1) is 0 Å². The molecule has 7 heteroatoms. The maximum atomic E-state index is 12.0. The first-order chi connectivity index (χ1) is 8.47. The SMILES string of the molecule is COC(=O)C1CCCCN1C(=O)C(N)CC(=O)O. The lowest BCUT2D eigenvalue weighted by atomic mass is 10.0. The second-order valence-electron chi connectivity index (χ2n) is 4.27. The van der Waals surface area contributed by atoms with Crippen molar-refractivity contribution in [2.75, 3.05) is 13.7 Å². The molecule has 102 valence electrons. The van der Waals surface area contributed by atoms with Gasteiger partial charge in [0.25, 0.3) is 0 Å². The minimum Gasteiger partial charge on any atom is -0.481 e. The van der Waals surface area contributed by atoms with Crippen molar-refractivity contribution in [3.63, 3.8) is 0 Å². The summed E-state index contributed by atoms with van der Waals surface area (Å²) in [5.74, 6) is -2.12. The van der Waals surface area contributed by atoms with Gasteiger partial charge in [0.2, 0.25) is 5.91 Å². The topological polar surface area (TPSA) is 110 Å². The first-order valence-electron chi connectivity index (χ1n) is 5.83. The number of hydrogen-bond donors (Lipinski definition) is 2. The van der Waals surface area contributed by atoms with Gasteiger partial charge in [0.15, 0.2) is 0 Å². The van der Waals surface area contributed by atoms with Crippen LogP contribution in [0.4, 0.5) is 0 Å². The lowest BCUT2D eigenvalue weighted by molar-refractivity contribution is -0.155. The Balaban J connectivity index is 2.73. The molecule has 0 radical (unpaired) electrons. The first-order valence-corrected chi connectivity index (χ1v) is 5.83. The maximum absolute atomic E-state index is 12.0. The van der Waals surface area contributed by atoms with Crippen LogP contribution in [0.25, 0.3) is 0 Å². The van der Waals surface area contributed by atoms with Gasteiger partial charge < -0.3 is 20.5 Å². The number of ether oxygens (including phenoxy) is 1. The summed E-state index contributed by atoms with van der Waals surface area (Å²) in [6, 6.07) is -1.76. The van der Waals surface area contributed by atoms with Crippen molar-refractivity contribution >= 4 is 17.8 Å². The average Bonchev–Trinajstić information content (AvgIpc) is 2.36. The molecule has 1 rings (SSSR count). The first kappa shape index (κ1) is 14.4. The second kappa shape index (κ2) is 6.34. The third-order valence-electron chi connectivity index (χ3n) is 2.97. The van der Waals surface area contributed by atoms with Crippen LogP contribution in [0, 0.1) is 0 Å². The van der Waals surface area contributed by atoms with Gasteiger partial charge in [0.05, 0.1) is 19.6 Å². The number of carbonyl (C=O) groups is 3. The molecule has 18 heavy (non-hydrogen) atoms. The van der Waals surface area contributed by atoms with Crippen molar-refractivity contribution in [3.8, 4) is 0 Å². The molecule has 0 aliphatic carbocycles. The van der Waals surface area contributed by atoms with Gasteiger partial charge in [-0.1, -0.05) is 0 Å². The molecule has 0 spiro atoms. The van der Waals surface area contributed by atoms with E-state index in [9.17, 15) is 14.4 Å². The number of nitrogens with zero attached hydrogens (tertiary/aromatic N) is 1. The van der Waals surface area contributed by atoms with Crippen LogP contribution in [0.3, 0.4) is 0 Å². The molecule has 0 aromatic rings. The fourth-order valence-corrected chi connectivity index (χ4v) is 2.06. The van der Waals surface area contributed by atoms with Crippen LogP contribution in [0.15, 0.2) is 0 Å². The monoisotopic (exact) mass is 258 g/mol. The van der Waals surface area contributed by atoms with E-state index in [0.29, 0.717) is 13.0 Å². The molecule has 7 nitrogen and oxygen atoms in total. The van der Waals surface area contributed by atoms with E-state index in [2.05, 4.69) is 4.74 Å². The standard InChI is InChI=1S/C11H18N2O5/c1-18-11(17)8-4-2-3-5-13(8)10(16)7(12)6-9(14)15/h7-8H,2-6,12H2,1H3,(H,14,15). The Hall–Kier alpha value is -1.63. The number of carboxylic acids is 1. The normalized spacial score (nSPS) is 21.2. The molecule has 1 amide bonds. The minimum absolute atomic E-state index is 0.409. The number of carbonyl (C=O) groups excluding carboxylic acids is 2. The molecule has 2 unspecified atom stereocenters. The Bertz CT molecular complexity index is 344. The van der Waals surface area contributed by atoms with E-state index in [4.69, 9.17) is 10.8 Å². The molecule has 0 bridgehead atoms. The maximum Gasteiger partial charge on any atom is 0.328 e. The fraction of sp³-hybridized carbons (Fsp3) is 0.727. The third kappa shape index (κ3) is 3.43. The van der Waals surface area contributed by atoms with Crippen molar-refractivity contribution < 1.29 is 24.2 Å². The molecule has 1 saturated heterocycles. The van der Waals surface area contributed by atoms with E-state index < -0.39 is 36.4 Å². The molecule has 0 aromatic heterocycles. The minimum atomic E-state index is -1.14. The Morgan fingerprint density at radius 3 is 2.67 bits per heavy atom. The summed E-state index contributed by atoms with van der Waals surface area (Å²) in [7, 11) is 1.26. The van der Waals surface area contributed by atoms with E-state index in [1.165, 1.54) is 12.0 Å². The largest absolute Gasteiger partial charge is 0.481 e. The molecule has 1 fully saturated rings. The van der Waals surface area contributed by atoms with Crippen molar-refractivity contribution in [2.45, 2.75) is 37.8 Å². The predicted molar refractivity (Wildman–Crippen MR) is 61.6 cm³/mol. The highest BCUT2D eigenvalue weighted by Gasteiger charge is 2.35. The van der Waals surface area contributed by atoms with Crippen molar-refractivity contribution in [2.24, 2.45) is 5.73 Å². The average molecular weight is 258 g/mol. The van der Waals surface area contributed by atoms with E-state index >= 15 is 0 Å². The molecule has 1 aliphatic rings. The van der Waals surface area contributed by atoms with Gasteiger partial charge >= 0.3 is 11.9 Å². The Morgan fingerprint density at radius 2 is 2.11 bits per heavy atom. The number of esters is 1. The molecule has 2 atom stereocenters. The zero-order valence-electron chi connectivity index (χ0n) is 10.3. The van der Waals surface area contributed by atoms with Gasteiger partial charge in [0.1, 0.15) is 6.04 Å². The smallest absolute Gasteiger partial charge is 0.328 e. The van der Waals surface area contributed by atoms with Crippen LogP contribution in [0.5, 0.6) is 0 Å². The van der Waals surface area contributed by atoms with Gasteiger partial charge in [-0.2, -0.15) is 0 Å². The van der Waals surface area contributed by atoms with Crippen LogP contribution >= 0.6 is 0 Å². The van der Waals surface area contributed by atoms with E-state index in [0.717, 1.165) is 12.8 Å². The van der Waals surface area contributed by atoms with Gasteiger partial charge in [-0.25, -0.2) is 4.79 Å². The quantitative estimate of drug-likeness (QED) is 0.648. The number of piperidine rings is 1. The number of likely N-dealkylation sites (tertiary alicyclic amines) is 1. The number of aliphatic carboxylic acids is 1. The number of rotatable bonds is 4. The van der Waals surface area contributed by atoms with E-state index in [1.807, 2.05) is 0 Å². The van der Waals surface area contributed by atoms with Crippen LogP contribution in [0.1, 0.15) is 25.7 Å². The summed E-state index contributed by atoms with van der Waals surface area (Å²) in [5.41, 5.74) is 5.53. The molecule has 0 aromatic carbocycles. The van der Waals surface area contributed by atoms with Crippen LogP contribution < -0.4 is 5.73 Å². The molecule has 0 saturated carbocycles. The fourth-order valence-electron chi connectivity index (χ4n) is 2.06. The van der Waals surface area contributed by atoms with Crippen molar-refractivity contribution in [1.29, 1.82) is 0 Å². The summed E-state index contributed by atoms with van der Waals surface area (Å²) >= 11 is 0. The number of hydrogen-bond acceptors (Lipinski definition) is 5. The molecular formula is C11H18N2O5. The summed E-state index contributed by atoms with van der Waals surface area (Å²) < 4.78 is 4.64. The van der Waals surface area contributed by atoms with Crippen LogP contribution in [0.2, 0.25) is 0 Å². The van der Waals surface area contributed by atoms with Crippen LogP contribution in [-0.2, 0) is 19.1 Å². The van der Waals surface area contributed by atoms with Crippen molar-refractivity contribution in [1.82, 2.24) is 4.90 Å². The predicted octanol–water partition coefficient (Wildman–Crippen LogP) is -0.657. The van der Waals surface area contributed by atoms with Gasteiger partial charge in [-0.3, -0.25) is 9.59 Å². The Labute approximate surface area is 105 Å². The highest BCUT2D eigenvalue weighted by atomic mass is 16.5. The Morgan fingerprint density at radius 1 is 1.44 bits per heavy atom. The number of methoxy groups -OCH3 is 1. The molecule has 1 aliphatic heterocycles. The summed E-state index contributed by atoms with van der Waals surface area (Å²) in [6.45, 7) is 0.409. The van der Waals surface area contributed by atoms with Gasteiger partial charge in [0, 0.05) is 6.54 Å².